The molecule has 3 aromatic rings. The quantitative estimate of drug-likeness (QED) is 0.542. The molecule has 7 nitrogen and oxygen atoms in total. The lowest BCUT2D eigenvalue weighted by Crippen LogP contribution is -3.00. The van der Waals surface area contributed by atoms with Gasteiger partial charge in [0.25, 0.3) is 1.43 Å². The Morgan fingerprint density at radius 3 is 2.81 bits per heavy atom. The summed E-state index contributed by atoms with van der Waals surface area (Å²) >= 11 is 0. The highest BCUT2D eigenvalue weighted by Gasteiger charge is 2.18. The second kappa shape index (κ2) is 7.19. The summed E-state index contributed by atoms with van der Waals surface area (Å²) in [6.45, 7) is 1.69. The number of nitrogens with one attached hydrogen (secondary N) is 2. The number of rotatable bonds is 2. The highest BCUT2D eigenvalue weighted by atomic mass is 35.5. The first-order valence-electron chi connectivity index (χ1n) is 9.62. The fraction of sp³-hybridized carbons (Fsp3) is 0.250. The van der Waals surface area contributed by atoms with Crippen molar-refractivity contribution in [3.63, 3.8) is 0 Å². The number of nitrogens with zero attached hydrogens (tertiary/aromatic N) is 3. The molecule has 2 heterocycles. The number of aryl methyl sites for hydroxylation is 1. The third kappa shape index (κ3) is 4.27. The van der Waals surface area contributed by atoms with Crippen LogP contribution in [0.25, 0.3) is 17.2 Å². The van der Waals surface area contributed by atoms with Crippen molar-refractivity contribution in [1.82, 2.24) is 19.7 Å². The Morgan fingerprint density at radius 2 is 2.24 bits per heavy atom. The summed E-state index contributed by atoms with van der Waals surface area (Å²) in [4.78, 5) is 1.07. The van der Waals surface area contributed by atoms with Crippen LogP contribution in [0.3, 0.4) is 0 Å². The molecule has 0 fully saturated rings. The van der Waals surface area contributed by atoms with E-state index in [1.54, 1.807) is 31.2 Å². The molecule has 0 amide bonds. The van der Waals surface area contributed by atoms with E-state index in [9.17, 15) is 4.21 Å². The Labute approximate surface area is 143 Å². The van der Waals surface area contributed by atoms with Gasteiger partial charge in [0.05, 0.1) is 5.56 Å². The van der Waals surface area contributed by atoms with Crippen molar-refractivity contribution in [2.75, 3.05) is 12.4 Å². The van der Waals surface area contributed by atoms with Gasteiger partial charge < -0.3 is 17.5 Å². The molecule has 0 unspecified atom stereocenters. The first-order valence-corrected chi connectivity index (χ1v) is 6.47. The van der Waals surface area contributed by atoms with Crippen LogP contribution >= 0.6 is 0 Å². The Bertz CT molecular complexity index is 1020. The van der Waals surface area contributed by atoms with E-state index in [2.05, 4.69) is 15.3 Å². The first-order chi connectivity index (χ1) is 13.3. The molecule has 0 saturated carbocycles. The van der Waals surface area contributed by atoms with Crippen LogP contribution in [0.1, 0.15) is 14.0 Å². The molecule has 114 valence electrons. The van der Waals surface area contributed by atoms with Crippen LogP contribution in [-0.2, 0) is 10.8 Å². The Hall–Kier alpha value is -1.93. The predicted molar refractivity (Wildman–Crippen MR) is 75.7 cm³/mol. The van der Waals surface area contributed by atoms with E-state index in [0.717, 1.165) is 10.1 Å². The summed E-state index contributed by atoms with van der Waals surface area (Å²) in [5.74, 6) is 1.59. The highest BCUT2D eigenvalue weighted by molar-refractivity contribution is 7.83. The second-order valence-corrected chi connectivity index (χ2v) is 4.22. The summed E-state index contributed by atoms with van der Waals surface area (Å²) in [6.07, 6.45) is -5.80. The Morgan fingerprint density at radius 1 is 1.52 bits per heavy atom. The molecule has 0 spiro atoms. The number of aromatic nitrogens is 5. The number of H-pyrrole nitrogens is 2. The molecule has 1 aromatic carbocycles. The second-order valence-electron chi connectivity index (χ2n) is 3.69. The normalized spacial score (nSPS) is 17.3. The van der Waals surface area contributed by atoms with Crippen LogP contribution in [0.2, 0.25) is 2.82 Å². The third-order valence-electron chi connectivity index (χ3n) is 2.24. The van der Waals surface area contributed by atoms with Gasteiger partial charge in [-0.2, -0.15) is 0 Å². The van der Waals surface area contributed by atoms with Crippen LogP contribution in [0.4, 0.5) is 0 Å². The van der Waals surface area contributed by atoms with E-state index in [0.29, 0.717) is 23.0 Å². The van der Waals surface area contributed by atoms with Crippen molar-refractivity contribution >= 4 is 16.6 Å². The van der Waals surface area contributed by atoms with Crippen molar-refractivity contribution in [3.05, 3.63) is 30.1 Å². The lowest BCUT2D eigenvalue weighted by Gasteiger charge is -1.92. The maximum absolute atomic E-state index is 10.5. The lowest BCUT2D eigenvalue weighted by atomic mass is 10.2. The van der Waals surface area contributed by atoms with E-state index < -0.39 is 23.2 Å². The number of aromatic hydroxyl groups is 1. The lowest BCUT2D eigenvalue weighted by molar-refractivity contribution is -0.437. The predicted octanol–water partition coefficient (Wildman–Crippen LogP) is -2.45. The van der Waals surface area contributed by atoms with E-state index in [1.165, 1.54) is 4.52 Å². The minimum Gasteiger partial charge on any atom is -1.00 e. The first kappa shape index (κ1) is 7.90. The monoisotopic (exact) mass is 338 g/mol. The molecule has 0 aliphatic rings. The van der Waals surface area contributed by atoms with Gasteiger partial charge in [-0.3, -0.25) is 9.19 Å². The summed E-state index contributed by atoms with van der Waals surface area (Å²) in [5.41, 5.74) is 0.696. The zero-order chi connectivity index (χ0) is 22.1. The summed E-state index contributed by atoms with van der Waals surface area (Å²) in [6, 6.07) is 6.64. The van der Waals surface area contributed by atoms with Gasteiger partial charge >= 0.3 is 13.0 Å². The molecule has 0 aliphatic heterocycles. The SMILES string of the molecule is [2H]C([2H])([2H])S(=O)C([2H])([2H])[2H].[2H]Oc1ccc(-c2n3nc(C)n([2H])c3n[n+]2[2H])cc1.[Cl-]. The summed E-state index contributed by atoms with van der Waals surface area (Å²) < 4.78 is 73.0. The van der Waals surface area contributed by atoms with Gasteiger partial charge in [0.15, 0.2) is 7.24 Å². The molecule has 9 heteroatoms. The van der Waals surface area contributed by atoms with Crippen molar-refractivity contribution in [2.24, 2.45) is 0 Å². The van der Waals surface area contributed by atoms with Gasteiger partial charge in [0.1, 0.15) is 5.75 Å². The fourth-order valence-electron chi connectivity index (χ4n) is 1.53. The zero-order valence-corrected chi connectivity index (χ0v) is 12.2. The number of aromatic amines is 2. The molecule has 21 heavy (non-hydrogen) atoms. The van der Waals surface area contributed by atoms with Crippen molar-refractivity contribution in [2.45, 2.75) is 6.92 Å². The van der Waals surface area contributed by atoms with Gasteiger partial charge in [0.2, 0.25) is 0 Å². The molecule has 3 rings (SSSR count). The molecule has 3 N–H and O–H groups in total. The maximum atomic E-state index is 10.5. The van der Waals surface area contributed by atoms with E-state index in [1.807, 2.05) is 0 Å². The Kier molecular flexibility index (Phi) is 2.70. The largest absolute Gasteiger partial charge is 1.00 e. The minimum absolute atomic E-state index is 0. The fourth-order valence-corrected chi connectivity index (χ4v) is 1.53. The van der Waals surface area contributed by atoms with Crippen molar-refractivity contribution in [1.29, 1.82) is 1.43 Å². The van der Waals surface area contributed by atoms with Crippen LogP contribution in [0.5, 0.6) is 5.75 Å². The van der Waals surface area contributed by atoms with E-state index in [4.69, 9.17) is 12.5 Å². The van der Waals surface area contributed by atoms with Gasteiger partial charge in [-0.25, -0.2) is 0 Å². The topological polar surface area (TPSA) is 97.4 Å². The van der Waals surface area contributed by atoms with Crippen molar-refractivity contribution < 1.29 is 37.9 Å². The van der Waals surface area contributed by atoms with Crippen LogP contribution < -0.4 is 17.5 Å². The minimum atomic E-state index is -2.90. The molecule has 0 bridgehead atoms. The molecule has 0 aliphatic carbocycles. The summed E-state index contributed by atoms with van der Waals surface area (Å²) in [5, 5.41) is 13.4. The van der Waals surface area contributed by atoms with E-state index >= 15 is 0 Å². The number of phenolic OH excluding ortho intramolecular Hbond substituents is 1. The molecule has 0 radical (unpaired) electrons. The smallest absolute Gasteiger partial charge is 0.363 e. The average Bonchev–Trinajstić information content (AvgIpc) is 3.08. The number of phenols is 1. The van der Waals surface area contributed by atoms with Crippen LogP contribution in [-0.4, -0.2) is 42.8 Å². The average molecular weight is 339 g/mol. The highest BCUT2D eigenvalue weighted by Crippen LogP contribution is 2.18. The Balaban J connectivity index is 0.000000354. The zero-order valence-electron chi connectivity index (χ0n) is 19.6. The van der Waals surface area contributed by atoms with E-state index in [-0.39, 0.29) is 18.2 Å². The molecular weight excluding hydrogens is 314 g/mol. The van der Waals surface area contributed by atoms with Crippen molar-refractivity contribution in [3.8, 4) is 17.1 Å². The molecular formula is C12H16ClN5O2S. The maximum Gasteiger partial charge on any atom is 0.363 e. The molecule has 0 saturated heterocycles. The number of halogens is 1. The number of hydrogen-bond donors (Lipinski definition) is 2. The number of benzene rings is 1. The number of fused-ring (bicyclic) bond motifs is 1. The molecule has 2 aromatic heterocycles. The van der Waals surface area contributed by atoms with Gasteiger partial charge in [0, 0.05) is 31.4 Å². The van der Waals surface area contributed by atoms with Crippen LogP contribution in [0.15, 0.2) is 24.3 Å². The van der Waals surface area contributed by atoms with Gasteiger partial charge in [-0.15, -0.1) is 5.09 Å². The van der Waals surface area contributed by atoms with Gasteiger partial charge in [-0.05, 0) is 36.3 Å². The third-order valence-corrected chi connectivity index (χ3v) is 2.24. The summed E-state index contributed by atoms with van der Waals surface area (Å²) in [7, 11) is -2.75. The van der Waals surface area contributed by atoms with Crippen LogP contribution in [0, 0.1) is 6.92 Å². The molecule has 0 atom stereocenters. The van der Waals surface area contributed by atoms with Gasteiger partial charge in [-0.1, -0.05) is 9.61 Å². The standard InChI is InChI=1S/C10H9N5O.C2H6OS.ClH/c1-6-11-10-13-12-9(15(10)14-6)7-2-4-8(16)5-3-7;1-4(2)3;/h2-5,16H,1H3,(H,11,13,14);1-2H3;1H/i;1D3,2D3;/hD3. The number of hydrogen-bond acceptors (Lipinski definition) is 4.